The molecule has 0 fully saturated rings. The van der Waals surface area contributed by atoms with Crippen molar-refractivity contribution >= 4 is 29.7 Å². The van der Waals surface area contributed by atoms with E-state index in [0.717, 1.165) is 0 Å². The van der Waals surface area contributed by atoms with Gasteiger partial charge in [-0.3, -0.25) is 10.1 Å². The third-order valence-corrected chi connectivity index (χ3v) is 4.92. The molecule has 15 heteroatoms. The number of urea groups is 2. The van der Waals surface area contributed by atoms with Crippen molar-refractivity contribution in [3.05, 3.63) is 63.7 Å². The molecule has 226 valence electrons. The molecule has 3 rings (SSSR count). The van der Waals surface area contributed by atoms with Gasteiger partial charge >= 0.3 is 24.0 Å². The van der Waals surface area contributed by atoms with Crippen LogP contribution in [-0.4, -0.2) is 67.7 Å². The largest absolute Gasteiger partial charge is 0.458 e. The highest BCUT2D eigenvalue weighted by Crippen LogP contribution is 2.23. The molecule has 4 amide bonds. The molecule has 1 aromatic rings. The lowest BCUT2D eigenvalue weighted by Crippen LogP contribution is -2.50. The summed E-state index contributed by atoms with van der Waals surface area (Å²) in [4.78, 5) is 57.2. The molecular weight excluding hydrogens is 542 g/mol. The minimum Gasteiger partial charge on any atom is -0.458 e. The molecule has 0 saturated carbocycles. The summed E-state index contributed by atoms with van der Waals surface area (Å²) in [6, 6.07) is 3.55. The highest BCUT2D eigenvalue weighted by Gasteiger charge is 2.23. The van der Waals surface area contributed by atoms with Crippen molar-refractivity contribution in [1.82, 2.24) is 21.3 Å². The Morgan fingerprint density at radius 1 is 0.976 bits per heavy atom. The zero-order chi connectivity index (χ0) is 30.9. The van der Waals surface area contributed by atoms with Gasteiger partial charge in [-0.05, 0) is 39.3 Å². The number of hydrogen-bond acceptors (Lipinski definition) is 10. The molecule has 2 bridgehead atoms. The number of carbonyl (C=O) groups is 4. The number of amides is 4. The molecule has 0 aliphatic carbocycles. The fourth-order valence-electron chi connectivity index (χ4n) is 2.91. The molecule has 0 aromatic heterocycles. The lowest BCUT2D eigenvalue weighted by Gasteiger charge is -2.22. The van der Waals surface area contributed by atoms with Crippen LogP contribution in [0.2, 0.25) is 0 Å². The molecule has 2 aliphatic rings. The van der Waals surface area contributed by atoms with E-state index < -0.39 is 35.3 Å². The fraction of sp³-hybridized carbons (Fsp3) is 0.462. The van der Waals surface area contributed by atoms with Gasteiger partial charge in [0, 0.05) is 30.3 Å². The highest BCUT2D eigenvalue weighted by molar-refractivity contribution is 5.87. The van der Waals surface area contributed by atoms with Crippen LogP contribution in [0, 0.1) is 10.1 Å². The number of rotatable bonds is 9. The van der Waals surface area contributed by atoms with Gasteiger partial charge in [-0.15, -0.1) is 0 Å². The van der Waals surface area contributed by atoms with E-state index in [1.807, 2.05) is 13.8 Å². The Morgan fingerprint density at radius 2 is 1.46 bits per heavy atom. The number of ether oxygens (including phenoxy) is 4. The van der Waals surface area contributed by atoms with Crippen LogP contribution in [0.4, 0.5) is 15.3 Å². The Morgan fingerprint density at radius 3 is 1.90 bits per heavy atom. The van der Waals surface area contributed by atoms with Gasteiger partial charge in [-0.25, -0.2) is 19.2 Å². The van der Waals surface area contributed by atoms with E-state index in [-0.39, 0.29) is 54.9 Å². The first-order valence-electron chi connectivity index (χ1n) is 12.6. The predicted octanol–water partition coefficient (Wildman–Crippen LogP) is 2.16. The molecule has 41 heavy (non-hydrogen) atoms. The van der Waals surface area contributed by atoms with Crippen LogP contribution in [0.5, 0.6) is 0 Å². The third kappa shape index (κ3) is 13.4. The van der Waals surface area contributed by atoms with Gasteiger partial charge in [-0.2, -0.15) is 0 Å². The van der Waals surface area contributed by atoms with Crippen LogP contribution in [0.25, 0.3) is 0 Å². The summed E-state index contributed by atoms with van der Waals surface area (Å²) in [6.07, 6.45) is -2.27. The normalized spacial score (nSPS) is 16.4. The number of nitro groups is 1. The summed E-state index contributed by atoms with van der Waals surface area (Å²) in [5, 5.41) is 21.6. The summed E-state index contributed by atoms with van der Waals surface area (Å²) < 4.78 is 21.2. The standard InChI is InChI=1S/C21H25N3O9.C5H12N2O/c1-12(2)19(25)32-10-17-22-21(27)23-18(11-33-20(26)13(3)4)31-9-15-6-5-14(8-30-17)7-16(15)24(28)29;1-3-6-5(8)7-4-2/h5-7,17-18H,1,3,8-11H2,2,4H3,(H2,22,23,27);3-4H2,1-2H3,(H2,6,7,8). The van der Waals surface area contributed by atoms with Crippen LogP contribution >= 0.6 is 0 Å². The van der Waals surface area contributed by atoms with Crippen LogP contribution in [0.1, 0.15) is 38.8 Å². The summed E-state index contributed by atoms with van der Waals surface area (Å²) in [7, 11) is 0. The van der Waals surface area contributed by atoms with E-state index in [4.69, 9.17) is 18.9 Å². The molecule has 4 N–H and O–H groups in total. The molecule has 2 aliphatic heterocycles. The average molecular weight is 580 g/mol. The maximum absolute atomic E-state index is 12.5. The number of fused-ring (bicyclic) bond motifs is 10. The first-order chi connectivity index (χ1) is 19.4. The SMILES string of the molecule is C=C(C)C(=O)OCC1NC(=O)NC(COC(=O)C(=C)C)OCc2ccc(cc2[N+](=O)[O-])CO1.CCNC(=O)NCC. The first kappa shape index (κ1) is 34.5. The van der Waals surface area contributed by atoms with Gasteiger partial charge in [0.1, 0.15) is 13.2 Å². The minimum atomic E-state index is -1.16. The summed E-state index contributed by atoms with van der Waals surface area (Å²) in [5.41, 5.74) is 0.784. The van der Waals surface area contributed by atoms with Gasteiger partial charge in [0.25, 0.3) is 5.69 Å². The summed E-state index contributed by atoms with van der Waals surface area (Å²) in [5.74, 6) is -1.39. The van der Waals surface area contributed by atoms with Crippen molar-refractivity contribution in [2.75, 3.05) is 26.3 Å². The van der Waals surface area contributed by atoms with E-state index in [1.165, 1.54) is 26.0 Å². The number of nitrogens with zero attached hydrogens (tertiary/aromatic N) is 1. The van der Waals surface area contributed by atoms with Gasteiger partial charge in [0.2, 0.25) is 0 Å². The Balaban J connectivity index is 0.000000915. The zero-order valence-electron chi connectivity index (χ0n) is 23.6. The molecule has 0 spiro atoms. The topological polar surface area (TPSA) is 196 Å². The Bertz CT molecular complexity index is 1120. The van der Waals surface area contributed by atoms with E-state index in [0.29, 0.717) is 18.7 Å². The van der Waals surface area contributed by atoms with Crippen molar-refractivity contribution in [3.63, 3.8) is 0 Å². The number of carbonyl (C=O) groups excluding carboxylic acids is 4. The number of esters is 2. The Hall–Kier alpha value is -4.50. The smallest absolute Gasteiger partial charge is 0.333 e. The van der Waals surface area contributed by atoms with Gasteiger partial charge in [-0.1, -0.05) is 19.2 Å². The summed E-state index contributed by atoms with van der Waals surface area (Å²) in [6.45, 7) is 13.9. The number of benzene rings is 1. The van der Waals surface area contributed by atoms with E-state index in [1.54, 1.807) is 6.07 Å². The maximum Gasteiger partial charge on any atom is 0.333 e. The second kappa shape index (κ2) is 18.0. The van der Waals surface area contributed by atoms with Gasteiger partial charge in [0.05, 0.1) is 23.7 Å². The summed E-state index contributed by atoms with van der Waals surface area (Å²) >= 11 is 0. The van der Waals surface area contributed by atoms with Crippen LogP contribution < -0.4 is 21.3 Å². The monoisotopic (exact) mass is 579 g/mol. The van der Waals surface area contributed by atoms with E-state index >= 15 is 0 Å². The van der Waals surface area contributed by atoms with Crippen LogP contribution in [0.15, 0.2) is 42.5 Å². The molecule has 2 unspecified atom stereocenters. The first-order valence-corrected chi connectivity index (χ1v) is 12.6. The zero-order valence-corrected chi connectivity index (χ0v) is 23.6. The van der Waals surface area contributed by atoms with E-state index in [9.17, 15) is 29.3 Å². The molecule has 1 aromatic carbocycles. The maximum atomic E-state index is 12.5. The van der Waals surface area contributed by atoms with Crippen molar-refractivity contribution in [2.24, 2.45) is 0 Å². The highest BCUT2D eigenvalue weighted by atomic mass is 16.6. The second-order valence-electron chi connectivity index (χ2n) is 8.58. The number of nitro benzene ring substituents is 1. The fourth-order valence-corrected chi connectivity index (χ4v) is 2.91. The Kier molecular flexibility index (Phi) is 15.1. The third-order valence-electron chi connectivity index (χ3n) is 4.92. The number of nitrogens with one attached hydrogen (secondary N) is 4. The van der Waals surface area contributed by atoms with Crippen molar-refractivity contribution in [2.45, 2.75) is 53.4 Å². The van der Waals surface area contributed by atoms with E-state index in [2.05, 4.69) is 34.4 Å². The van der Waals surface area contributed by atoms with Crippen LogP contribution in [-0.2, 0) is 41.8 Å². The quantitative estimate of drug-likeness (QED) is 0.146. The number of hydrogen-bond donors (Lipinski definition) is 4. The average Bonchev–Trinajstić information content (AvgIpc) is 2.93. The van der Waals surface area contributed by atoms with Crippen LogP contribution in [0.3, 0.4) is 0 Å². The molecule has 15 nitrogen and oxygen atoms in total. The van der Waals surface area contributed by atoms with Crippen molar-refractivity contribution in [3.8, 4) is 0 Å². The molecule has 2 atom stereocenters. The van der Waals surface area contributed by atoms with Gasteiger partial charge < -0.3 is 40.2 Å². The molecule has 0 radical (unpaired) electrons. The van der Waals surface area contributed by atoms with Crippen molar-refractivity contribution in [1.29, 1.82) is 0 Å². The molecule has 0 saturated heterocycles. The molecule has 2 heterocycles. The lowest BCUT2D eigenvalue weighted by atomic mass is 10.1. The lowest BCUT2D eigenvalue weighted by molar-refractivity contribution is -0.386. The predicted molar refractivity (Wildman–Crippen MR) is 146 cm³/mol. The second-order valence-corrected chi connectivity index (χ2v) is 8.58. The Labute approximate surface area is 237 Å². The molecular formula is C26H37N5O10. The minimum absolute atomic E-state index is 0.0880. The van der Waals surface area contributed by atoms with Crippen molar-refractivity contribution < 1.29 is 43.0 Å². The van der Waals surface area contributed by atoms with Gasteiger partial charge in [0.15, 0.2) is 12.5 Å².